The molecule has 4 heterocycles. The standard InChI is InChI=1S/C24H28N6O3/c1-17-6-5-7-18(14-17)16-25-28-24-26-19-15-20(23(31)30-8-3-2-4-9-30)33-21(19)22(27-24)29-10-12-32-13-11-29/h5-7,14-16H,2-4,8-13H2,1H3,(H,26,27,28)/b25-16+. The summed E-state index contributed by atoms with van der Waals surface area (Å²) in [6.45, 7) is 6.16. The van der Waals surface area contributed by atoms with E-state index in [1.165, 1.54) is 0 Å². The molecule has 9 heteroatoms. The Balaban J connectivity index is 1.45. The third-order valence-electron chi connectivity index (χ3n) is 5.94. The Hall–Kier alpha value is -3.46. The number of carbonyl (C=O) groups is 1. The molecule has 0 unspecified atom stereocenters. The highest BCUT2D eigenvalue weighted by molar-refractivity contribution is 5.97. The number of carbonyl (C=O) groups excluding carboxylic acids is 1. The number of likely N-dealkylation sites (tertiary alicyclic amines) is 1. The van der Waals surface area contributed by atoms with Crippen LogP contribution >= 0.6 is 0 Å². The van der Waals surface area contributed by atoms with Gasteiger partial charge >= 0.3 is 0 Å². The molecule has 0 aliphatic carbocycles. The number of benzene rings is 1. The van der Waals surface area contributed by atoms with Crippen LogP contribution in [0.15, 0.2) is 39.9 Å². The number of nitrogens with zero attached hydrogens (tertiary/aromatic N) is 5. The van der Waals surface area contributed by atoms with Crippen LogP contribution in [-0.4, -0.2) is 66.4 Å². The average Bonchev–Trinajstić information content (AvgIpc) is 3.28. The second kappa shape index (κ2) is 9.58. The van der Waals surface area contributed by atoms with Crippen LogP contribution in [0.4, 0.5) is 11.8 Å². The maximum absolute atomic E-state index is 13.0. The number of ether oxygens (including phenoxy) is 1. The van der Waals surface area contributed by atoms with Gasteiger partial charge in [0.2, 0.25) is 5.95 Å². The van der Waals surface area contributed by atoms with E-state index in [1.54, 1.807) is 12.3 Å². The first kappa shape index (κ1) is 21.4. The number of aryl methyl sites for hydroxylation is 1. The minimum absolute atomic E-state index is 0.0902. The van der Waals surface area contributed by atoms with E-state index in [4.69, 9.17) is 9.15 Å². The van der Waals surface area contributed by atoms with Crippen molar-refractivity contribution in [3.8, 4) is 0 Å². The van der Waals surface area contributed by atoms with Crippen LogP contribution < -0.4 is 10.3 Å². The number of rotatable bonds is 5. The van der Waals surface area contributed by atoms with Gasteiger partial charge in [0.1, 0.15) is 5.52 Å². The first-order valence-corrected chi connectivity index (χ1v) is 11.5. The fourth-order valence-electron chi connectivity index (χ4n) is 4.23. The van der Waals surface area contributed by atoms with Crippen molar-refractivity contribution in [1.82, 2.24) is 14.9 Å². The quantitative estimate of drug-likeness (QED) is 0.472. The molecule has 1 N–H and O–H groups in total. The second-order valence-electron chi connectivity index (χ2n) is 8.43. The Bertz CT molecular complexity index is 1160. The lowest BCUT2D eigenvalue weighted by atomic mass is 10.1. The summed E-state index contributed by atoms with van der Waals surface area (Å²) in [5.74, 6) is 1.21. The molecule has 0 radical (unpaired) electrons. The minimum atomic E-state index is -0.0902. The largest absolute Gasteiger partial charge is 0.445 e. The number of morpholine rings is 1. The van der Waals surface area contributed by atoms with E-state index in [2.05, 4.69) is 25.4 Å². The molecule has 33 heavy (non-hydrogen) atoms. The van der Waals surface area contributed by atoms with E-state index in [0.717, 1.165) is 43.5 Å². The zero-order chi connectivity index (χ0) is 22.6. The van der Waals surface area contributed by atoms with Crippen molar-refractivity contribution in [3.05, 3.63) is 47.2 Å². The van der Waals surface area contributed by atoms with E-state index in [-0.39, 0.29) is 5.91 Å². The number of aromatic nitrogens is 2. The molecule has 2 aliphatic heterocycles. The van der Waals surface area contributed by atoms with Crippen molar-refractivity contribution < 1.29 is 13.9 Å². The molecule has 2 saturated heterocycles. The van der Waals surface area contributed by atoms with Crippen molar-refractivity contribution in [2.75, 3.05) is 49.7 Å². The molecular weight excluding hydrogens is 420 g/mol. The Morgan fingerprint density at radius 1 is 1.09 bits per heavy atom. The lowest BCUT2D eigenvalue weighted by molar-refractivity contribution is 0.0694. The molecule has 1 aromatic carbocycles. The summed E-state index contributed by atoms with van der Waals surface area (Å²) in [6.07, 6.45) is 4.94. The van der Waals surface area contributed by atoms with Gasteiger partial charge in [0.25, 0.3) is 5.91 Å². The predicted octanol–water partition coefficient (Wildman–Crippen LogP) is 3.44. The van der Waals surface area contributed by atoms with Crippen molar-refractivity contribution in [2.24, 2.45) is 5.10 Å². The molecular formula is C24H28N6O3. The smallest absolute Gasteiger partial charge is 0.289 e. The number of hydrogen-bond acceptors (Lipinski definition) is 8. The minimum Gasteiger partial charge on any atom is -0.445 e. The topological polar surface area (TPSA) is 96.1 Å². The zero-order valence-corrected chi connectivity index (χ0v) is 18.8. The van der Waals surface area contributed by atoms with Crippen LogP contribution in [-0.2, 0) is 4.74 Å². The van der Waals surface area contributed by atoms with E-state index >= 15 is 0 Å². The van der Waals surface area contributed by atoms with Gasteiger partial charge in [-0.3, -0.25) is 4.79 Å². The van der Waals surface area contributed by atoms with Crippen molar-refractivity contribution in [3.63, 3.8) is 0 Å². The number of hydrogen-bond donors (Lipinski definition) is 1. The fourth-order valence-corrected chi connectivity index (χ4v) is 4.23. The molecule has 9 nitrogen and oxygen atoms in total. The van der Waals surface area contributed by atoms with Crippen LogP contribution in [0.2, 0.25) is 0 Å². The van der Waals surface area contributed by atoms with Crippen LogP contribution in [0.3, 0.4) is 0 Å². The summed E-state index contributed by atoms with van der Waals surface area (Å²) in [7, 11) is 0. The summed E-state index contributed by atoms with van der Waals surface area (Å²) in [6, 6.07) is 9.77. The summed E-state index contributed by atoms with van der Waals surface area (Å²) >= 11 is 0. The molecule has 2 fully saturated rings. The summed E-state index contributed by atoms with van der Waals surface area (Å²) in [4.78, 5) is 26.2. The number of nitrogens with one attached hydrogen (secondary N) is 1. The molecule has 3 aromatic rings. The number of furan rings is 1. The molecule has 5 rings (SSSR count). The van der Waals surface area contributed by atoms with Gasteiger partial charge in [-0.05, 0) is 31.7 Å². The number of amides is 1. The molecule has 172 valence electrons. The summed E-state index contributed by atoms with van der Waals surface area (Å²) < 4.78 is 11.5. The maximum Gasteiger partial charge on any atom is 0.289 e. The predicted molar refractivity (Wildman–Crippen MR) is 127 cm³/mol. The lowest BCUT2D eigenvalue weighted by Crippen LogP contribution is -2.37. The summed E-state index contributed by atoms with van der Waals surface area (Å²) in [5, 5.41) is 4.31. The molecule has 2 aliphatic rings. The van der Waals surface area contributed by atoms with Crippen molar-refractivity contribution in [2.45, 2.75) is 26.2 Å². The SMILES string of the molecule is Cc1cccc(/C=N/Nc2nc(N3CCOCC3)c3oc(C(=O)N4CCCCC4)cc3n2)c1. The van der Waals surface area contributed by atoms with Gasteiger partial charge in [-0.2, -0.15) is 10.1 Å². The van der Waals surface area contributed by atoms with Crippen LogP contribution in [0.25, 0.3) is 11.1 Å². The normalized spacial score (nSPS) is 17.1. The van der Waals surface area contributed by atoms with E-state index in [0.29, 0.717) is 54.9 Å². The van der Waals surface area contributed by atoms with Gasteiger partial charge in [0.15, 0.2) is 17.2 Å². The van der Waals surface area contributed by atoms with E-state index < -0.39 is 0 Å². The number of piperidine rings is 1. The number of anilines is 2. The molecule has 0 saturated carbocycles. The maximum atomic E-state index is 13.0. The van der Waals surface area contributed by atoms with Crippen LogP contribution in [0.5, 0.6) is 0 Å². The highest BCUT2D eigenvalue weighted by Gasteiger charge is 2.25. The third kappa shape index (κ3) is 4.83. The molecule has 0 atom stereocenters. The van der Waals surface area contributed by atoms with Gasteiger partial charge in [-0.25, -0.2) is 10.4 Å². The third-order valence-corrected chi connectivity index (χ3v) is 5.94. The Morgan fingerprint density at radius 3 is 2.70 bits per heavy atom. The second-order valence-corrected chi connectivity index (χ2v) is 8.43. The first-order valence-electron chi connectivity index (χ1n) is 11.5. The zero-order valence-electron chi connectivity index (χ0n) is 18.8. The monoisotopic (exact) mass is 448 g/mol. The summed E-state index contributed by atoms with van der Waals surface area (Å²) in [5.41, 5.74) is 6.18. The highest BCUT2D eigenvalue weighted by atomic mass is 16.5. The molecule has 0 bridgehead atoms. The van der Waals surface area contributed by atoms with Gasteiger partial charge in [-0.15, -0.1) is 0 Å². The van der Waals surface area contributed by atoms with Crippen LogP contribution in [0.1, 0.15) is 40.9 Å². The Morgan fingerprint density at radius 2 is 1.91 bits per heavy atom. The highest BCUT2D eigenvalue weighted by Crippen LogP contribution is 2.30. The molecule has 2 aromatic heterocycles. The average molecular weight is 449 g/mol. The Labute approximate surface area is 192 Å². The van der Waals surface area contributed by atoms with Crippen molar-refractivity contribution >= 4 is 35.0 Å². The van der Waals surface area contributed by atoms with Gasteiger partial charge in [0, 0.05) is 32.2 Å². The van der Waals surface area contributed by atoms with E-state index in [9.17, 15) is 4.79 Å². The molecule has 1 amide bonds. The Kier molecular flexibility index (Phi) is 6.21. The molecule has 0 spiro atoms. The van der Waals surface area contributed by atoms with Gasteiger partial charge in [-0.1, -0.05) is 29.8 Å². The van der Waals surface area contributed by atoms with Gasteiger partial charge in [0.05, 0.1) is 19.4 Å². The fraction of sp³-hybridized carbons (Fsp3) is 0.417. The lowest BCUT2D eigenvalue weighted by Gasteiger charge is -2.27. The van der Waals surface area contributed by atoms with Gasteiger partial charge < -0.3 is 19.0 Å². The van der Waals surface area contributed by atoms with Crippen molar-refractivity contribution in [1.29, 1.82) is 0 Å². The number of fused-ring (bicyclic) bond motifs is 1. The van der Waals surface area contributed by atoms with E-state index in [1.807, 2.05) is 36.1 Å². The first-order chi connectivity index (χ1) is 16.2. The van der Waals surface area contributed by atoms with Crippen LogP contribution in [0, 0.1) is 6.92 Å². The number of hydrazone groups is 1.